The summed E-state index contributed by atoms with van der Waals surface area (Å²) in [5, 5.41) is 26.1. The molecule has 2 heterocycles. The fourth-order valence-electron chi connectivity index (χ4n) is 8.43. The third-order valence-corrected chi connectivity index (χ3v) is 12.0. The van der Waals surface area contributed by atoms with Crippen LogP contribution in [0.4, 0.5) is 4.79 Å². The average Bonchev–Trinajstić information content (AvgIpc) is 3.98. The van der Waals surface area contributed by atoms with Gasteiger partial charge in [0.1, 0.15) is 35.7 Å². The zero-order valence-corrected chi connectivity index (χ0v) is 36.3. The van der Waals surface area contributed by atoms with Crippen LogP contribution >= 0.6 is 0 Å². The summed E-state index contributed by atoms with van der Waals surface area (Å²) in [4.78, 5) is 75.5. The number of pyridine rings is 1. The Labute approximate surface area is 358 Å². The van der Waals surface area contributed by atoms with E-state index >= 15 is 0 Å². The number of likely N-dealkylation sites (tertiary alicyclic amines) is 1. The van der Waals surface area contributed by atoms with Gasteiger partial charge in [0, 0.05) is 42.6 Å². The summed E-state index contributed by atoms with van der Waals surface area (Å²) < 4.78 is 12.2. The van der Waals surface area contributed by atoms with E-state index in [0.29, 0.717) is 40.9 Å². The number of amides is 6. The lowest BCUT2D eigenvalue weighted by atomic mass is 9.82. The van der Waals surface area contributed by atoms with Crippen molar-refractivity contribution in [1.82, 2.24) is 36.5 Å². The van der Waals surface area contributed by atoms with E-state index < -0.39 is 65.5 Å². The quantitative estimate of drug-likeness (QED) is 0.119. The fraction of sp³-hybridized carbons (Fsp3) is 0.565. The van der Waals surface area contributed by atoms with E-state index in [1.165, 1.54) is 4.90 Å². The molecule has 1 aromatic heterocycles. The van der Waals surface area contributed by atoms with Gasteiger partial charge in [-0.3, -0.25) is 19.2 Å². The standard InChI is InChI=1S/C46H63N7O8/c1-7-14-33(39(54)43(57)48-29-19-20-29)50-41(55)36-24-31(61-37-25-34(27-15-10-8-11-16-27)49-35-23-30(60-6)21-22-32(35)37)26-53(36)45(59)52-40(46(2,3)4)44(58)51-38(42(56)47-5)28-17-12-9-13-18-28/h8,10-11,15-16,21-23,25,28-29,31,33,36,38-40,54H,7,9,12-14,17-20,24,26H2,1-6H3,(H,47,56)(H,48,57)(H,50,55)(H,51,58)(H,52,59)/t31-,33+,36+,38+,39?,40-/m1/s1. The van der Waals surface area contributed by atoms with Crippen LogP contribution in [0.1, 0.15) is 91.9 Å². The molecule has 3 aliphatic rings. The number of urea groups is 1. The smallest absolute Gasteiger partial charge is 0.318 e. The van der Waals surface area contributed by atoms with Crippen LogP contribution in [-0.2, 0) is 19.2 Å². The van der Waals surface area contributed by atoms with Crippen molar-refractivity contribution >= 4 is 40.6 Å². The molecule has 6 atom stereocenters. The van der Waals surface area contributed by atoms with Crippen LogP contribution < -0.4 is 36.1 Å². The predicted octanol–water partition coefficient (Wildman–Crippen LogP) is 4.59. The van der Waals surface area contributed by atoms with Gasteiger partial charge in [-0.2, -0.15) is 0 Å². The monoisotopic (exact) mass is 841 g/mol. The normalized spacial score (nSPS) is 20.1. The van der Waals surface area contributed by atoms with Gasteiger partial charge in [0.05, 0.1) is 30.9 Å². The minimum atomic E-state index is -1.50. The lowest BCUT2D eigenvalue weighted by Crippen LogP contribution is -2.62. The van der Waals surface area contributed by atoms with Crippen molar-refractivity contribution in [2.75, 3.05) is 20.7 Å². The number of carbonyl (C=O) groups is 5. The summed E-state index contributed by atoms with van der Waals surface area (Å²) in [6.45, 7) is 7.33. The number of carbonyl (C=O) groups excluding carboxylic acids is 5. The topological polar surface area (TPSA) is 200 Å². The van der Waals surface area contributed by atoms with Gasteiger partial charge >= 0.3 is 6.03 Å². The summed E-state index contributed by atoms with van der Waals surface area (Å²) in [7, 11) is 3.12. The first kappa shape index (κ1) is 45.1. The maximum absolute atomic E-state index is 14.6. The molecule has 3 fully saturated rings. The van der Waals surface area contributed by atoms with E-state index in [2.05, 4.69) is 26.6 Å². The molecular formula is C46H63N7O8. The Hall–Kier alpha value is -5.44. The van der Waals surface area contributed by atoms with Crippen LogP contribution in [0.2, 0.25) is 0 Å². The molecule has 0 radical (unpaired) electrons. The highest BCUT2D eigenvalue weighted by molar-refractivity contribution is 5.94. The van der Waals surface area contributed by atoms with Gasteiger partial charge in [-0.05, 0) is 55.6 Å². The molecule has 6 N–H and O–H groups in total. The van der Waals surface area contributed by atoms with Crippen molar-refractivity contribution in [3.63, 3.8) is 0 Å². The Morgan fingerprint density at radius 3 is 2.26 bits per heavy atom. The van der Waals surface area contributed by atoms with E-state index in [9.17, 15) is 29.1 Å². The molecule has 2 aromatic carbocycles. The first-order valence-electron chi connectivity index (χ1n) is 21.8. The number of benzene rings is 2. The highest BCUT2D eigenvalue weighted by Gasteiger charge is 2.45. The van der Waals surface area contributed by atoms with Gasteiger partial charge in [0.2, 0.25) is 17.7 Å². The molecule has 1 aliphatic heterocycles. The molecule has 2 saturated carbocycles. The summed E-state index contributed by atoms with van der Waals surface area (Å²) in [5.41, 5.74) is 1.34. The van der Waals surface area contributed by atoms with Crippen LogP contribution in [0.25, 0.3) is 22.2 Å². The second kappa shape index (κ2) is 20.0. The maximum Gasteiger partial charge on any atom is 0.318 e. The minimum absolute atomic E-state index is 0.0158. The molecule has 1 saturated heterocycles. The van der Waals surface area contributed by atoms with Gasteiger partial charge in [0.15, 0.2) is 6.10 Å². The Balaban J connectivity index is 1.30. The van der Waals surface area contributed by atoms with E-state index in [0.717, 1.165) is 50.5 Å². The van der Waals surface area contributed by atoms with Gasteiger partial charge in [-0.15, -0.1) is 0 Å². The van der Waals surface area contributed by atoms with Crippen molar-refractivity contribution in [2.45, 2.75) is 134 Å². The van der Waals surface area contributed by atoms with Crippen molar-refractivity contribution in [1.29, 1.82) is 0 Å². The third-order valence-electron chi connectivity index (χ3n) is 12.0. The van der Waals surface area contributed by atoms with Gasteiger partial charge in [0.25, 0.3) is 5.91 Å². The minimum Gasteiger partial charge on any atom is -0.497 e. The van der Waals surface area contributed by atoms with Crippen molar-refractivity contribution in [2.24, 2.45) is 11.3 Å². The highest BCUT2D eigenvalue weighted by Crippen LogP contribution is 2.35. The molecule has 0 bridgehead atoms. The molecule has 61 heavy (non-hydrogen) atoms. The largest absolute Gasteiger partial charge is 0.497 e. The summed E-state index contributed by atoms with van der Waals surface area (Å²) >= 11 is 0. The molecule has 6 rings (SSSR count). The van der Waals surface area contributed by atoms with Crippen LogP contribution in [0.15, 0.2) is 54.6 Å². The van der Waals surface area contributed by atoms with Gasteiger partial charge in [-0.25, -0.2) is 9.78 Å². The van der Waals surface area contributed by atoms with Crippen LogP contribution in [0.5, 0.6) is 11.5 Å². The molecule has 2 aliphatic carbocycles. The van der Waals surface area contributed by atoms with E-state index in [1.54, 1.807) is 14.2 Å². The summed E-state index contributed by atoms with van der Waals surface area (Å²) in [6, 6.07) is 12.4. The number of aliphatic hydroxyl groups excluding tert-OH is 1. The summed E-state index contributed by atoms with van der Waals surface area (Å²) in [5.74, 6) is -0.852. The molecule has 15 nitrogen and oxygen atoms in total. The number of nitrogens with zero attached hydrogens (tertiary/aromatic N) is 2. The number of likely N-dealkylation sites (N-methyl/N-ethyl adjacent to an activating group) is 1. The molecule has 0 spiro atoms. The number of nitrogens with one attached hydrogen (secondary N) is 5. The number of methoxy groups -OCH3 is 1. The zero-order valence-electron chi connectivity index (χ0n) is 36.3. The van der Waals surface area contributed by atoms with Crippen molar-refractivity contribution < 1.29 is 38.6 Å². The lowest BCUT2D eigenvalue weighted by molar-refractivity contribution is -0.133. The number of hydrogen-bond acceptors (Lipinski definition) is 9. The number of rotatable bonds is 16. The Morgan fingerprint density at radius 2 is 1.62 bits per heavy atom. The molecule has 1 unspecified atom stereocenters. The number of aromatic nitrogens is 1. The second-order valence-electron chi connectivity index (χ2n) is 17.8. The number of aliphatic hydroxyl groups is 1. The Kier molecular flexibility index (Phi) is 14.8. The average molecular weight is 842 g/mol. The van der Waals surface area contributed by atoms with Crippen LogP contribution in [0.3, 0.4) is 0 Å². The second-order valence-corrected chi connectivity index (χ2v) is 17.8. The summed E-state index contributed by atoms with van der Waals surface area (Å²) in [6.07, 6.45) is 5.06. The first-order valence-corrected chi connectivity index (χ1v) is 21.8. The molecule has 330 valence electrons. The highest BCUT2D eigenvalue weighted by atomic mass is 16.5. The first-order chi connectivity index (χ1) is 29.2. The third kappa shape index (κ3) is 11.3. The zero-order chi connectivity index (χ0) is 43.8. The molecule has 6 amide bonds. The van der Waals surface area contributed by atoms with Gasteiger partial charge < -0.3 is 46.1 Å². The number of fused-ring (bicyclic) bond motifs is 1. The predicted molar refractivity (Wildman–Crippen MR) is 232 cm³/mol. The fourth-order valence-corrected chi connectivity index (χ4v) is 8.43. The molecule has 15 heteroatoms. The SMILES string of the molecule is CCC[C@H](NC(=O)[C@@H]1C[C@@H](Oc2cc(-c3ccccc3)nc3cc(OC)ccc23)CN1C(=O)N[C@H](C(=O)N[C@H](C(=O)NC)C1CCCCC1)C(C)(C)C)C(O)C(=O)NC1CC1. The Bertz CT molecular complexity index is 2030. The van der Waals surface area contributed by atoms with Crippen molar-refractivity contribution in [3.8, 4) is 22.8 Å². The van der Waals surface area contributed by atoms with E-state index in [1.807, 2.05) is 82.3 Å². The van der Waals surface area contributed by atoms with E-state index in [-0.39, 0.29) is 30.8 Å². The van der Waals surface area contributed by atoms with Crippen molar-refractivity contribution in [3.05, 3.63) is 54.6 Å². The van der Waals surface area contributed by atoms with Gasteiger partial charge in [-0.1, -0.05) is 83.7 Å². The Morgan fingerprint density at radius 1 is 0.902 bits per heavy atom. The van der Waals surface area contributed by atoms with Crippen LogP contribution in [0, 0.1) is 11.3 Å². The number of hydrogen-bond donors (Lipinski definition) is 6. The maximum atomic E-state index is 14.6. The van der Waals surface area contributed by atoms with E-state index in [4.69, 9.17) is 14.5 Å². The number of ether oxygens (including phenoxy) is 2. The van der Waals surface area contributed by atoms with Crippen LogP contribution in [-0.4, -0.2) is 108 Å². The molecular weight excluding hydrogens is 779 g/mol. The molecule has 3 aromatic rings. The lowest BCUT2D eigenvalue weighted by Gasteiger charge is -2.36.